The highest BCUT2D eigenvalue weighted by molar-refractivity contribution is 5.90. The van der Waals surface area contributed by atoms with Crippen LogP contribution in [0.2, 0.25) is 0 Å². The molecule has 1 rings (SSSR count). The Kier molecular flexibility index (Phi) is 6.83. The molecular formula is C18H28O. The second-order valence-electron chi connectivity index (χ2n) is 5.39. The summed E-state index contributed by atoms with van der Waals surface area (Å²) in [4.78, 5) is 12.7. The van der Waals surface area contributed by atoms with Crippen molar-refractivity contribution in [3.63, 3.8) is 0 Å². The third-order valence-corrected chi connectivity index (χ3v) is 4.32. The Balaban J connectivity index is 2.79. The van der Waals surface area contributed by atoms with Crippen LogP contribution in [0.1, 0.15) is 71.3 Å². The zero-order valence-electron chi connectivity index (χ0n) is 12.7. The van der Waals surface area contributed by atoms with E-state index in [-0.39, 0.29) is 5.41 Å². The second-order valence-corrected chi connectivity index (χ2v) is 5.39. The zero-order valence-corrected chi connectivity index (χ0v) is 12.7. The van der Waals surface area contributed by atoms with Gasteiger partial charge in [-0.25, -0.2) is 0 Å². The van der Waals surface area contributed by atoms with E-state index in [4.69, 9.17) is 0 Å². The van der Waals surface area contributed by atoms with Gasteiger partial charge in [-0.05, 0) is 24.8 Å². The number of rotatable bonds is 9. The summed E-state index contributed by atoms with van der Waals surface area (Å²) in [5.74, 6) is 0.430. The number of Topliss-reactive ketones (excluding diaryl/α,β-unsaturated/α-hetero) is 1. The molecule has 19 heavy (non-hydrogen) atoms. The number of ketones is 1. The second kappa shape index (κ2) is 8.14. The summed E-state index contributed by atoms with van der Waals surface area (Å²) in [5, 5.41) is 0. The highest BCUT2D eigenvalue weighted by Crippen LogP contribution is 2.34. The van der Waals surface area contributed by atoms with Crippen molar-refractivity contribution >= 4 is 5.78 Å². The highest BCUT2D eigenvalue weighted by Gasteiger charge is 2.35. The number of carbonyl (C=O) groups excluding carboxylic acids is 1. The van der Waals surface area contributed by atoms with Gasteiger partial charge in [0.1, 0.15) is 5.78 Å². The van der Waals surface area contributed by atoms with Gasteiger partial charge >= 0.3 is 0 Å². The predicted octanol–water partition coefficient (Wildman–Crippen LogP) is 5.28. The van der Waals surface area contributed by atoms with E-state index in [2.05, 4.69) is 32.9 Å². The molecule has 0 heterocycles. The van der Waals surface area contributed by atoms with Crippen LogP contribution in [-0.2, 0) is 10.2 Å². The minimum absolute atomic E-state index is 0.256. The molecule has 0 fully saturated rings. The van der Waals surface area contributed by atoms with Gasteiger partial charge in [0.05, 0.1) is 5.41 Å². The number of benzene rings is 1. The van der Waals surface area contributed by atoms with Crippen molar-refractivity contribution < 1.29 is 4.79 Å². The van der Waals surface area contributed by atoms with Gasteiger partial charge in [-0.15, -0.1) is 0 Å². The summed E-state index contributed by atoms with van der Waals surface area (Å²) in [6.45, 7) is 6.48. The Morgan fingerprint density at radius 3 is 2.11 bits per heavy atom. The number of hydrogen-bond acceptors (Lipinski definition) is 1. The summed E-state index contributed by atoms with van der Waals surface area (Å²) < 4.78 is 0. The van der Waals surface area contributed by atoms with Crippen LogP contribution in [0.15, 0.2) is 30.3 Å². The van der Waals surface area contributed by atoms with Gasteiger partial charge in [0.15, 0.2) is 0 Å². The van der Waals surface area contributed by atoms with Crippen molar-refractivity contribution in [1.29, 1.82) is 0 Å². The Morgan fingerprint density at radius 1 is 0.947 bits per heavy atom. The molecule has 1 aromatic rings. The third kappa shape index (κ3) is 3.92. The average molecular weight is 260 g/mol. The van der Waals surface area contributed by atoms with Crippen LogP contribution in [0, 0.1) is 0 Å². The predicted molar refractivity (Wildman–Crippen MR) is 82.5 cm³/mol. The molecule has 0 unspecified atom stereocenters. The maximum Gasteiger partial charge on any atom is 0.143 e. The minimum atomic E-state index is -0.256. The quantitative estimate of drug-likeness (QED) is 0.552. The molecule has 0 aromatic heterocycles. The van der Waals surface area contributed by atoms with Crippen molar-refractivity contribution in [3.05, 3.63) is 35.9 Å². The van der Waals surface area contributed by atoms with Crippen LogP contribution in [0.4, 0.5) is 0 Å². The van der Waals surface area contributed by atoms with Crippen molar-refractivity contribution in [2.75, 3.05) is 0 Å². The van der Waals surface area contributed by atoms with E-state index < -0.39 is 0 Å². The summed E-state index contributed by atoms with van der Waals surface area (Å²) in [6, 6.07) is 10.3. The van der Waals surface area contributed by atoms with Gasteiger partial charge in [0.2, 0.25) is 0 Å². The summed E-state index contributed by atoms with van der Waals surface area (Å²) in [6.07, 6.45) is 7.22. The minimum Gasteiger partial charge on any atom is -0.299 e. The number of hydrogen-bond donors (Lipinski definition) is 0. The van der Waals surface area contributed by atoms with Crippen LogP contribution < -0.4 is 0 Å². The molecule has 1 nitrogen and oxygen atoms in total. The molecule has 0 spiro atoms. The number of carbonyl (C=O) groups is 1. The summed E-state index contributed by atoms with van der Waals surface area (Å²) in [5.41, 5.74) is 0.938. The third-order valence-electron chi connectivity index (χ3n) is 4.32. The first kappa shape index (κ1) is 15.9. The van der Waals surface area contributed by atoms with Gasteiger partial charge in [-0.2, -0.15) is 0 Å². The van der Waals surface area contributed by atoms with Crippen LogP contribution >= 0.6 is 0 Å². The molecule has 106 valence electrons. The topological polar surface area (TPSA) is 17.1 Å². The van der Waals surface area contributed by atoms with Crippen LogP contribution in [0.5, 0.6) is 0 Å². The van der Waals surface area contributed by atoms with Gasteiger partial charge < -0.3 is 0 Å². The molecule has 0 aliphatic carbocycles. The first-order chi connectivity index (χ1) is 9.21. The lowest BCUT2D eigenvalue weighted by Gasteiger charge is -2.31. The first-order valence-electron chi connectivity index (χ1n) is 7.80. The fourth-order valence-electron chi connectivity index (χ4n) is 2.92. The molecule has 0 saturated heterocycles. The molecule has 0 aliphatic rings. The first-order valence-corrected chi connectivity index (χ1v) is 7.80. The van der Waals surface area contributed by atoms with Crippen molar-refractivity contribution in [2.45, 2.75) is 71.1 Å². The lowest BCUT2D eigenvalue weighted by atomic mass is 9.71. The summed E-state index contributed by atoms with van der Waals surface area (Å²) >= 11 is 0. The van der Waals surface area contributed by atoms with Crippen molar-refractivity contribution in [2.24, 2.45) is 0 Å². The highest BCUT2D eigenvalue weighted by atomic mass is 16.1. The molecule has 0 radical (unpaired) electrons. The fraction of sp³-hybridized carbons (Fsp3) is 0.611. The van der Waals surface area contributed by atoms with E-state index in [0.717, 1.165) is 25.7 Å². The maximum absolute atomic E-state index is 12.7. The normalized spacial score (nSPS) is 11.5. The van der Waals surface area contributed by atoms with Gasteiger partial charge in [0, 0.05) is 6.42 Å². The monoisotopic (exact) mass is 260 g/mol. The summed E-state index contributed by atoms with van der Waals surface area (Å²) in [7, 11) is 0. The smallest absolute Gasteiger partial charge is 0.143 e. The van der Waals surface area contributed by atoms with Gasteiger partial charge in [0.25, 0.3) is 0 Å². The Morgan fingerprint density at radius 2 is 1.58 bits per heavy atom. The van der Waals surface area contributed by atoms with E-state index in [9.17, 15) is 4.79 Å². The lowest BCUT2D eigenvalue weighted by Crippen LogP contribution is -2.34. The molecule has 1 aromatic carbocycles. The van der Waals surface area contributed by atoms with E-state index in [1.54, 1.807) is 0 Å². The molecule has 0 N–H and O–H groups in total. The van der Waals surface area contributed by atoms with Crippen molar-refractivity contribution in [3.8, 4) is 0 Å². The lowest BCUT2D eigenvalue weighted by molar-refractivity contribution is -0.125. The van der Waals surface area contributed by atoms with Gasteiger partial charge in [-0.1, -0.05) is 70.4 Å². The van der Waals surface area contributed by atoms with E-state index in [1.807, 2.05) is 18.2 Å². The molecule has 0 saturated carbocycles. The Bertz CT molecular complexity index is 363. The fourth-order valence-corrected chi connectivity index (χ4v) is 2.92. The van der Waals surface area contributed by atoms with Gasteiger partial charge in [-0.3, -0.25) is 4.79 Å². The Hall–Kier alpha value is -1.11. The van der Waals surface area contributed by atoms with Crippen LogP contribution in [0.25, 0.3) is 0 Å². The molecule has 1 heteroatoms. The largest absolute Gasteiger partial charge is 0.299 e. The number of unbranched alkanes of at least 4 members (excludes halogenated alkanes) is 3. The average Bonchev–Trinajstić information content (AvgIpc) is 2.47. The zero-order chi connectivity index (χ0) is 14.1. The van der Waals surface area contributed by atoms with Crippen LogP contribution in [-0.4, -0.2) is 5.78 Å². The molecule has 0 bridgehead atoms. The molecule has 0 amide bonds. The van der Waals surface area contributed by atoms with E-state index in [0.29, 0.717) is 5.78 Å². The molecule has 0 aliphatic heterocycles. The van der Waals surface area contributed by atoms with E-state index >= 15 is 0 Å². The van der Waals surface area contributed by atoms with E-state index in [1.165, 1.54) is 24.8 Å². The van der Waals surface area contributed by atoms with Crippen LogP contribution in [0.3, 0.4) is 0 Å². The SMILES string of the molecule is CCCCCCC(=O)C(CC)(CC)c1ccccc1. The molecule has 0 atom stereocenters. The molecular weight excluding hydrogens is 232 g/mol. The Labute approximate surface area is 118 Å². The standard InChI is InChI=1S/C18H28O/c1-4-7-8-12-15-17(19)18(5-2,6-3)16-13-10-9-11-14-16/h9-11,13-14H,4-8,12,15H2,1-3H3. The maximum atomic E-state index is 12.7. The van der Waals surface area contributed by atoms with Crippen molar-refractivity contribution in [1.82, 2.24) is 0 Å².